The molecule has 1 amide bonds. The van der Waals surface area contributed by atoms with E-state index in [-0.39, 0.29) is 5.91 Å². The molecular formula is C17H17Cl2N3O2. The Labute approximate surface area is 150 Å². The van der Waals surface area contributed by atoms with Gasteiger partial charge in [0.15, 0.2) is 0 Å². The van der Waals surface area contributed by atoms with Gasteiger partial charge in [-0.15, -0.1) is 0 Å². The lowest BCUT2D eigenvalue weighted by Crippen LogP contribution is -2.51. The van der Waals surface area contributed by atoms with E-state index in [9.17, 15) is 4.79 Å². The highest BCUT2D eigenvalue weighted by atomic mass is 35.5. The summed E-state index contributed by atoms with van der Waals surface area (Å²) in [6.45, 7) is 4.24. The van der Waals surface area contributed by atoms with Gasteiger partial charge in [0, 0.05) is 37.9 Å². The van der Waals surface area contributed by atoms with Crippen LogP contribution in [0, 0.1) is 0 Å². The van der Waals surface area contributed by atoms with Crippen LogP contribution < -0.4 is 10.1 Å². The van der Waals surface area contributed by atoms with Crippen LogP contribution in [0.5, 0.6) is 11.6 Å². The number of carbonyl (C=O) groups is 1. The predicted molar refractivity (Wildman–Crippen MR) is 94.1 cm³/mol. The number of piperazine rings is 1. The lowest BCUT2D eigenvalue weighted by atomic mass is 10.2. The minimum atomic E-state index is -0.0248. The van der Waals surface area contributed by atoms with E-state index in [1.807, 2.05) is 4.90 Å². The Morgan fingerprint density at radius 1 is 1.33 bits per heavy atom. The molecule has 1 N–H and O–H groups in total. The van der Waals surface area contributed by atoms with Crippen LogP contribution in [0.25, 0.3) is 0 Å². The molecule has 0 radical (unpaired) electrons. The van der Waals surface area contributed by atoms with Crippen LogP contribution in [0.15, 0.2) is 36.5 Å². The van der Waals surface area contributed by atoms with E-state index in [2.05, 4.69) is 17.2 Å². The van der Waals surface area contributed by atoms with Crippen molar-refractivity contribution in [3.05, 3.63) is 52.1 Å². The number of aromatic nitrogens is 1. The van der Waals surface area contributed by atoms with E-state index in [4.69, 9.17) is 27.9 Å². The highest BCUT2D eigenvalue weighted by molar-refractivity contribution is 6.42. The number of hydrogen-bond acceptors (Lipinski definition) is 4. The zero-order chi connectivity index (χ0) is 17.1. The third-order valence-electron chi connectivity index (χ3n) is 3.77. The summed E-state index contributed by atoms with van der Waals surface area (Å²) >= 11 is 12.0. The Balaban J connectivity index is 1.71. The van der Waals surface area contributed by atoms with Crippen LogP contribution in [0.3, 0.4) is 0 Å². The summed E-state index contributed by atoms with van der Waals surface area (Å²) in [6, 6.07) is 8.78. The third-order valence-corrected chi connectivity index (χ3v) is 4.57. The molecule has 1 aromatic heterocycles. The lowest BCUT2D eigenvalue weighted by Gasteiger charge is -2.31. The van der Waals surface area contributed by atoms with Crippen LogP contribution in [0.4, 0.5) is 0 Å². The molecule has 0 bridgehead atoms. The first-order chi connectivity index (χ1) is 11.5. The fourth-order valence-corrected chi connectivity index (χ4v) is 2.87. The molecule has 1 saturated heterocycles. The number of hydrogen-bond donors (Lipinski definition) is 1. The molecule has 0 aliphatic carbocycles. The van der Waals surface area contributed by atoms with Crippen molar-refractivity contribution in [3.63, 3.8) is 0 Å². The summed E-state index contributed by atoms with van der Waals surface area (Å²) in [5.74, 6) is 0.749. The fourth-order valence-electron chi connectivity index (χ4n) is 2.54. The zero-order valence-electron chi connectivity index (χ0n) is 13.1. The van der Waals surface area contributed by atoms with Crippen LogP contribution in [0.2, 0.25) is 10.0 Å². The Morgan fingerprint density at radius 2 is 2.17 bits per heavy atom. The van der Waals surface area contributed by atoms with E-state index >= 15 is 0 Å². The predicted octanol–water partition coefficient (Wildman–Crippen LogP) is 3.61. The van der Waals surface area contributed by atoms with Crippen molar-refractivity contribution < 1.29 is 9.53 Å². The molecule has 1 atom stereocenters. The molecular weight excluding hydrogens is 349 g/mol. The first-order valence-electron chi connectivity index (χ1n) is 7.65. The fraction of sp³-hybridized carbons (Fsp3) is 0.294. The van der Waals surface area contributed by atoms with E-state index in [0.29, 0.717) is 46.4 Å². The summed E-state index contributed by atoms with van der Waals surface area (Å²) < 4.78 is 5.62. The first kappa shape index (κ1) is 17.0. The second-order valence-corrected chi connectivity index (χ2v) is 6.43. The van der Waals surface area contributed by atoms with E-state index in [1.165, 1.54) is 6.20 Å². The molecule has 7 heteroatoms. The summed E-state index contributed by atoms with van der Waals surface area (Å²) in [7, 11) is 0. The van der Waals surface area contributed by atoms with Crippen LogP contribution in [-0.2, 0) is 0 Å². The second kappa shape index (κ2) is 7.38. The Morgan fingerprint density at radius 3 is 2.88 bits per heavy atom. The van der Waals surface area contributed by atoms with Crippen molar-refractivity contribution in [2.24, 2.45) is 0 Å². The number of ether oxygens (including phenoxy) is 1. The van der Waals surface area contributed by atoms with Gasteiger partial charge in [0.2, 0.25) is 5.88 Å². The third kappa shape index (κ3) is 3.80. The molecule has 1 unspecified atom stereocenters. The minimum Gasteiger partial charge on any atom is -0.437 e. The number of pyridine rings is 1. The molecule has 126 valence electrons. The maximum atomic E-state index is 12.5. The zero-order valence-corrected chi connectivity index (χ0v) is 14.6. The average molecular weight is 366 g/mol. The molecule has 0 spiro atoms. The first-order valence-corrected chi connectivity index (χ1v) is 8.41. The van der Waals surface area contributed by atoms with Crippen molar-refractivity contribution in [2.75, 3.05) is 19.6 Å². The minimum absolute atomic E-state index is 0.0248. The van der Waals surface area contributed by atoms with Crippen LogP contribution in [0.1, 0.15) is 17.3 Å². The molecule has 1 aliphatic heterocycles. The Bertz CT molecular complexity index is 737. The molecule has 1 aromatic carbocycles. The number of nitrogens with zero attached hydrogens (tertiary/aromatic N) is 2. The summed E-state index contributed by atoms with van der Waals surface area (Å²) in [4.78, 5) is 18.5. The Kier molecular flexibility index (Phi) is 5.23. The van der Waals surface area contributed by atoms with Gasteiger partial charge in [-0.1, -0.05) is 29.3 Å². The van der Waals surface area contributed by atoms with Gasteiger partial charge in [0.25, 0.3) is 5.91 Å². The topological polar surface area (TPSA) is 54.5 Å². The van der Waals surface area contributed by atoms with Crippen molar-refractivity contribution >= 4 is 29.1 Å². The number of carbonyl (C=O) groups excluding carboxylic acids is 1. The van der Waals surface area contributed by atoms with Gasteiger partial charge >= 0.3 is 0 Å². The van der Waals surface area contributed by atoms with Gasteiger partial charge in [-0.2, -0.15) is 0 Å². The van der Waals surface area contributed by atoms with Gasteiger partial charge in [-0.25, -0.2) is 4.98 Å². The largest absolute Gasteiger partial charge is 0.437 e. The average Bonchev–Trinajstić information content (AvgIpc) is 2.59. The van der Waals surface area contributed by atoms with Gasteiger partial charge in [0.05, 0.1) is 10.6 Å². The number of halogens is 2. The smallest absolute Gasteiger partial charge is 0.255 e. The highest BCUT2D eigenvalue weighted by Gasteiger charge is 2.21. The summed E-state index contributed by atoms with van der Waals surface area (Å²) in [5.41, 5.74) is 0.536. The van der Waals surface area contributed by atoms with Crippen molar-refractivity contribution in [1.29, 1.82) is 0 Å². The molecule has 2 heterocycles. The van der Waals surface area contributed by atoms with Crippen molar-refractivity contribution in [1.82, 2.24) is 15.2 Å². The monoisotopic (exact) mass is 365 g/mol. The molecule has 2 aromatic rings. The normalized spacial score (nSPS) is 17.6. The van der Waals surface area contributed by atoms with Gasteiger partial charge in [-0.05, 0) is 25.1 Å². The van der Waals surface area contributed by atoms with Gasteiger partial charge < -0.3 is 15.0 Å². The summed E-state index contributed by atoms with van der Waals surface area (Å²) in [5, 5.41) is 4.05. The number of amides is 1. The van der Waals surface area contributed by atoms with Crippen LogP contribution in [-0.4, -0.2) is 41.5 Å². The summed E-state index contributed by atoms with van der Waals surface area (Å²) in [6.07, 6.45) is 1.52. The van der Waals surface area contributed by atoms with Crippen LogP contribution >= 0.6 is 23.2 Å². The molecule has 0 saturated carbocycles. The van der Waals surface area contributed by atoms with Crippen molar-refractivity contribution in [3.8, 4) is 11.6 Å². The number of rotatable bonds is 3. The van der Waals surface area contributed by atoms with Crippen molar-refractivity contribution in [2.45, 2.75) is 13.0 Å². The van der Waals surface area contributed by atoms with E-state index in [1.54, 1.807) is 30.3 Å². The standard InChI is InChI=1S/C17H17Cl2N3O2/c1-11-10-22(8-7-20-11)17(23)12-5-6-15(21-9-12)24-14-4-2-3-13(18)16(14)19/h2-6,9,11,20H,7-8,10H2,1H3. The SMILES string of the molecule is CC1CN(C(=O)c2ccc(Oc3cccc(Cl)c3Cl)nc2)CCN1. The number of nitrogens with one attached hydrogen (secondary N) is 1. The van der Waals surface area contributed by atoms with E-state index < -0.39 is 0 Å². The lowest BCUT2D eigenvalue weighted by molar-refractivity contribution is 0.0708. The molecule has 3 rings (SSSR count). The Hall–Kier alpha value is -1.82. The van der Waals surface area contributed by atoms with E-state index in [0.717, 1.165) is 6.54 Å². The maximum absolute atomic E-state index is 12.5. The highest BCUT2D eigenvalue weighted by Crippen LogP contribution is 2.33. The number of benzene rings is 1. The quantitative estimate of drug-likeness (QED) is 0.902. The molecule has 24 heavy (non-hydrogen) atoms. The molecule has 1 aliphatic rings. The maximum Gasteiger partial charge on any atom is 0.255 e. The molecule has 1 fully saturated rings. The van der Waals surface area contributed by atoms with Gasteiger partial charge in [0.1, 0.15) is 10.8 Å². The second-order valence-electron chi connectivity index (χ2n) is 5.65. The molecule has 5 nitrogen and oxygen atoms in total. The van der Waals surface area contributed by atoms with Gasteiger partial charge in [-0.3, -0.25) is 4.79 Å².